The molecule has 1 saturated heterocycles. The highest BCUT2D eigenvalue weighted by atomic mass is 16.6. The van der Waals surface area contributed by atoms with E-state index in [9.17, 15) is 14.7 Å². The van der Waals surface area contributed by atoms with Gasteiger partial charge in [-0.3, -0.25) is 9.59 Å². The molecule has 0 amide bonds. The van der Waals surface area contributed by atoms with Gasteiger partial charge in [-0.25, -0.2) is 0 Å². The monoisotopic (exact) mass is 332 g/mol. The van der Waals surface area contributed by atoms with Crippen molar-refractivity contribution in [3.63, 3.8) is 0 Å². The van der Waals surface area contributed by atoms with Gasteiger partial charge < -0.3 is 9.84 Å². The summed E-state index contributed by atoms with van der Waals surface area (Å²) < 4.78 is 5.79. The second kappa shape index (κ2) is 4.94. The summed E-state index contributed by atoms with van der Waals surface area (Å²) in [6.45, 7) is 9.27. The van der Waals surface area contributed by atoms with E-state index in [1.807, 2.05) is 0 Å². The molecule has 4 fully saturated rings. The largest absolute Gasteiger partial charge is 0.481 e. The Labute approximate surface area is 143 Å². The first kappa shape index (κ1) is 16.3. The fourth-order valence-electron chi connectivity index (χ4n) is 6.75. The SMILES string of the molecule is C=C1C(=O)[C@@]23CC[C@H]([C@@]4(C)CO4)[C@@](C)(CCC(=O)O)[C@@H]2CC[C@@H]1C3. The molecule has 1 aliphatic heterocycles. The fraction of sp³-hybridized carbons (Fsp3) is 0.800. The maximum atomic E-state index is 13.1. The molecule has 2 bridgehead atoms. The Morgan fingerprint density at radius 1 is 1.29 bits per heavy atom. The zero-order chi connectivity index (χ0) is 17.3. The Hall–Kier alpha value is -1.16. The van der Waals surface area contributed by atoms with Gasteiger partial charge in [-0.2, -0.15) is 0 Å². The summed E-state index contributed by atoms with van der Waals surface area (Å²) in [7, 11) is 0. The van der Waals surface area contributed by atoms with Crippen LogP contribution in [0.3, 0.4) is 0 Å². The number of carboxylic acids is 1. The molecule has 4 rings (SSSR count). The van der Waals surface area contributed by atoms with Crippen molar-refractivity contribution in [3.8, 4) is 0 Å². The molecule has 24 heavy (non-hydrogen) atoms. The third-order valence-electron chi connectivity index (χ3n) is 8.00. The van der Waals surface area contributed by atoms with Gasteiger partial charge in [0.25, 0.3) is 0 Å². The molecule has 1 heterocycles. The highest BCUT2D eigenvalue weighted by Crippen LogP contribution is 2.69. The lowest BCUT2D eigenvalue weighted by atomic mass is 9.45. The van der Waals surface area contributed by atoms with Crippen LogP contribution >= 0.6 is 0 Å². The van der Waals surface area contributed by atoms with Gasteiger partial charge in [0.1, 0.15) is 0 Å². The predicted octanol–water partition coefficient (Wildman–Crippen LogP) is 3.60. The van der Waals surface area contributed by atoms with E-state index in [0.717, 1.165) is 44.3 Å². The lowest BCUT2D eigenvalue weighted by Crippen LogP contribution is -2.56. The van der Waals surface area contributed by atoms with E-state index < -0.39 is 5.97 Å². The average Bonchev–Trinajstić information content (AvgIpc) is 3.26. The summed E-state index contributed by atoms with van der Waals surface area (Å²) in [6.07, 6.45) is 5.72. The minimum absolute atomic E-state index is 0.121. The highest BCUT2D eigenvalue weighted by molar-refractivity contribution is 6.03. The normalized spacial score (nSPS) is 49.8. The quantitative estimate of drug-likeness (QED) is 0.631. The number of rotatable bonds is 4. The first-order valence-electron chi connectivity index (χ1n) is 9.32. The van der Waals surface area contributed by atoms with Crippen molar-refractivity contribution in [2.75, 3.05) is 6.61 Å². The van der Waals surface area contributed by atoms with Crippen LogP contribution in [0, 0.1) is 28.6 Å². The number of ketones is 1. The van der Waals surface area contributed by atoms with E-state index in [4.69, 9.17) is 4.74 Å². The van der Waals surface area contributed by atoms with Crippen LogP contribution in [0.1, 0.15) is 58.8 Å². The number of carbonyl (C=O) groups is 2. The highest BCUT2D eigenvalue weighted by Gasteiger charge is 2.68. The van der Waals surface area contributed by atoms with Crippen LogP contribution in [0.25, 0.3) is 0 Å². The van der Waals surface area contributed by atoms with Gasteiger partial charge >= 0.3 is 5.97 Å². The topological polar surface area (TPSA) is 66.9 Å². The van der Waals surface area contributed by atoms with Crippen molar-refractivity contribution in [2.24, 2.45) is 28.6 Å². The summed E-state index contributed by atoms with van der Waals surface area (Å²) in [5.74, 6) is 0.524. The van der Waals surface area contributed by atoms with Crippen molar-refractivity contribution in [1.29, 1.82) is 0 Å². The smallest absolute Gasteiger partial charge is 0.303 e. The Morgan fingerprint density at radius 2 is 2.00 bits per heavy atom. The van der Waals surface area contributed by atoms with Crippen LogP contribution in [0.2, 0.25) is 0 Å². The van der Waals surface area contributed by atoms with E-state index >= 15 is 0 Å². The molecule has 3 aliphatic carbocycles. The number of hydrogen-bond donors (Lipinski definition) is 1. The molecule has 4 nitrogen and oxygen atoms in total. The molecule has 0 aromatic rings. The molecule has 0 radical (unpaired) electrons. The number of Topliss-reactive ketones (excluding diaryl/α,β-unsaturated/α-hetero) is 1. The lowest BCUT2D eigenvalue weighted by molar-refractivity contribution is -0.150. The second-order valence-corrected chi connectivity index (χ2v) is 9.13. The summed E-state index contributed by atoms with van der Waals surface area (Å²) >= 11 is 0. The number of carbonyl (C=O) groups excluding carboxylic acids is 1. The van der Waals surface area contributed by atoms with Gasteiger partial charge in [-0.15, -0.1) is 0 Å². The minimum Gasteiger partial charge on any atom is -0.481 e. The lowest BCUT2D eigenvalue weighted by Gasteiger charge is -2.58. The summed E-state index contributed by atoms with van der Waals surface area (Å²) in [6, 6.07) is 0. The molecule has 0 unspecified atom stereocenters. The fourth-order valence-corrected chi connectivity index (χ4v) is 6.75. The maximum absolute atomic E-state index is 13.1. The number of ether oxygens (including phenoxy) is 1. The number of fused-ring (bicyclic) bond motifs is 1. The summed E-state index contributed by atoms with van der Waals surface area (Å²) in [5, 5.41) is 9.27. The van der Waals surface area contributed by atoms with Crippen molar-refractivity contribution < 1.29 is 19.4 Å². The zero-order valence-electron chi connectivity index (χ0n) is 14.8. The summed E-state index contributed by atoms with van der Waals surface area (Å²) in [4.78, 5) is 24.4. The molecular formula is C20H28O4. The van der Waals surface area contributed by atoms with E-state index in [1.165, 1.54) is 0 Å². The Bertz CT molecular complexity index is 619. The molecule has 0 aromatic carbocycles. The van der Waals surface area contributed by atoms with Crippen LogP contribution in [0.15, 0.2) is 12.2 Å². The van der Waals surface area contributed by atoms with Gasteiger partial charge in [0.2, 0.25) is 0 Å². The van der Waals surface area contributed by atoms with Crippen molar-refractivity contribution in [1.82, 2.24) is 0 Å². The Balaban J connectivity index is 1.74. The zero-order valence-corrected chi connectivity index (χ0v) is 14.8. The van der Waals surface area contributed by atoms with E-state index in [0.29, 0.717) is 18.3 Å². The Morgan fingerprint density at radius 3 is 2.62 bits per heavy atom. The molecule has 6 atom stereocenters. The van der Waals surface area contributed by atoms with Gasteiger partial charge in [0, 0.05) is 11.8 Å². The molecule has 1 spiro atoms. The van der Waals surface area contributed by atoms with Gasteiger partial charge in [0.05, 0.1) is 12.2 Å². The van der Waals surface area contributed by atoms with Gasteiger partial charge in [0.15, 0.2) is 5.78 Å². The Kier molecular flexibility index (Phi) is 3.36. The molecule has 1 N–H and O–H groups in total. The maximum Gasteiger partial charge on any atom is 0.303 e. The second-order valence-electron chi connectivity index (χ2n) is 9.13. The number of epoxide rings is 1. The van der Waals surface area contributed by atoms with E-state index in [2.05, 4.69) is 20.4 Å². The number of allylic oxidation sites excluding steroid dienone is 1. The van der Waals surface area contributed by atoms with Crippen molar-refractivity contribution >= 4 is 11.8 Å². The predicted molar refractivity (Wildman–Crippen MR) is 89.5 cm³/mol. The number of aliphatic carboxylic acids is 1. The molecule has 132 valence electrons. The van der Waals surface area contributed by atoms with Crippen LogP contribution in [-0.4, -0.2) is 29.1 Å². The standard InChI is InChI=1S/C20H28O4/c1-12-13-4-5-15-18(2,8-7-16(21)22)14(19(3)11-24-19)6-9-20(15,10-13)17(12)23/h13-15H,1,4-11H2,2-3H3,(H,21,22)/t13-,14+,15+,18-,19-,20-/m1/s1. The molecule has 4 aliphatic rings. The van der Waals surface area contributed by atoms with Crippen LogP contribution in [0.5, 0.6) is 0 Å². The van der Waals surface area contributed by atoms with Crippen LogP contribution < -0.4 is 0 Å². The first-order valence-corrected chi connectivity index (χ1v) is 9.32. The van der Waals surface area contributed by atoms with E-state index in [1.54, 1.807) is 0 Å². The number of carboxylic acid groups (broad SMARTS) is 1. The molecule has 0 aromatic heterocycles. The minimum atomic E-state index is -0.743. The summed E-state index contributed by atoms with van der Waals surface area (Å²) in [5.41, 5.74) is 0.303. The first-order chi connectivity index (χ1) is 11.2. The van der Waals surface area contributed by atoms with Gasteiger partial charge in [-0.05, 0) is 74.2 Å². The third-order valence-corrected chi connectivity index (χ3v) is 8.00. The third kappa shape index (κ3) is 2.01. The van der Waals surface area contributed by atoms with Crippen LogP contribution in [-0.2, 0) is 14.3 Å². The molecule has 4 heteroatoms. The number of hydrogen-bond acceptors (Lipinski definition) is 3. The van der Waals surface area contributed by atoms with Crippen molar-refractivity contribution in [2.45, 2.75) is 64.4 Å². The van der Waals surface area contributed by atoms with Gasteiger partial charge in [-0.1, -0.05) is 13.5 Å². The molecular weight excluding hydrogens is 304 g/mol. The van der Waals surface area contributed by atoms with E-state index in [-0.39, 0.29) is 34.6 Å². The van der Waals surface area contributed by atoms with Crippen molar-refractivity contribution in [3.05, 3.63) is 12.2 Å². The van der Waals surface area contributed by atoms with Crippen LogP contribution in [0.4, 0.5) is 0 Å². The average molecular weight is 332 g/mol. The molecule has 3 saturated carbocycles.